The minimum Gasteiger partial charge on any atom is -0.399 e. The van der Waals surface area contributed by atoms with E-state index in [1.165, 1.54) is 11.1 Å². The molecule has 0 atom stereocenters. The number of nitrogens with two attached hydrogens (primary N) is 1. The molecule has 0 spiro atoms. The maximum Gasteiger partial charge on any atom is 0.220 e. The second-order valence-corrected chi connectivity index (χ2v) is 6.73. The Morgan fingerprint density at radius 1 is 1.04 bits per heavy atom. The molecule has 3 N–H and O–H groups in total. The van der Waals surface area contributed by atoms with Crippen LogP contribution in [0.4, 0.5) is 5.69 Å². The molecular weight excluding hydrogens is 284 g/mol. The normalized spacial score (nSPS) is 11.3. The van der Waals surface area contributed by atoms with Crippen molar-refractivity contribution in [3.63, 3.8) is 0 Å². The summed E-state index contributed by atoms with van der Waals surface area (Å²) in [5, 5.41) is 3.14. The summed E-state index contributed by atoms with van der Waals surface area (Å²) in [6.45, 7) is 6.23. The highest BCUT2D eigenvalue weighted by Gasteiger charge is 2.21. The van der Waals surface area contributed by atoms with E-state index in [0.717, 1.165) is 17.7 Å². The van der Waals surface area contributed by atoms with Crippen LogP contribution in [0.1, 0.15) is 37.0 Å². The Labute approximate surface area is 138 Å². The first-order chi connectivity index (χ1) is 10.9. The van der Waals surface area contributed by atoms with E-state index in [2.05, 4.69) is 38.2 Å². The van der Waals surface area contributed by atoms with Crippen molar-refractivity contribution in [1.29, 1.82) is 0 Å². The van der Waals surface area contributed by atoms with E-state index in [-0.39, 0.29) is 11.4 Å². The third kappa shape index (κ3) is 5.13. The number of hydrogen-bond donors (Lipinski definition) is 2. The van der Waals surface area contributed by atoms with Crippen molar-refractivity contribution >= 4 is 11.6 Å². The number of nitrogen functional groups attached to an aromatic ring is 1. The molecule has 0 unspecified atom stereocenters. The molecule has 3 heteroatoms. The molecule has 2 rings (SSSR count). The number of carbonyl (C=O) groups excluding carboxylic acids is 1. The summed E-state index contributed by atoms with van der Waals surface area (Å²) in [7, 11) is 0. The summed E-state index contributed by atoms with van der Waals surface area (Å²) in [5.41, 5.74) is 9.95. The van der Waals surface area contributed by atoms with Gasteiger partial charge in [-0.2, -0.15) is 0 Å². The summed E-state index contributed by atoms with van der Waals surface area (Å²) in [5.74, 6) is 0.0619. The van der Waals surface area contributed by atoms with E-state index >= 15 is 0 Å². The fourth-order valence-electron chi connectivity index (χ4n) is 2.78. The fraction of sp³-hybridized carbons (Fsp3) is 0.350. The van der Waals surface area contributed by atoms with Crippen molar-refractivity contribution in [2.75, 3.05) is 5.73 Å². The minimum atomic E-state index is -0.272. The number of para-hydroxylation sites is 1. The molecule has 0 saturated carbocycles. The average molecular weight is 310 g/mol. The SMILES string of the molecule is Cc1ccccc1CC(C)(C)NC(=O)CCc1ccccc1N. The number of benzene rings is 2. The first-order valence-corrected chi connectivity index (χ1v) is 8.06. The molecule has 23 heavy (non-hydrogen) atoms. The van der Waals surface area contributed by atoms with Gasteiger partial charge in [-0.3, -0.25) is 4.79 Å². The van der Waals surface area contributed by atoms with Crippen LogP contribution in [0, 0.1) is 6.92 Å². The third-order valence-electron chi connectivity index (χ3n) is 4.05. The lowest BCUT2D eigenvalue weighted by molar-refractivity contribution is -0.122. The maximum absolute atomic E-state index is 12.3. The van der Waals surface area contributed by atoms with Crippen LogP contribution in [0.5, 0.6) is 0 Å². The lowest BCUT2D eigenvalue weighted by atomic mass is 9.92. The van der Waals surface area contributed by atoms with Gasteiger partial charge in [0, 0.05) is 17.6 Å². The highest BCUT2D eigenvalue weighted by molar-refractivity contribution is 5.77. The molecule has 2 aromatic rings. The van der Waals surface area contributed by atoms with Gasteiger partial charge < -0.3 is 11.1 Å². The quantitative estimate of drug-likeness (QED) is 0.800. The first kappa shape index (κ1) is 17.1. The van der Waals surface area contributed by atoms with E-state index in [0.29, 0.717) is 12.8 Å². The number of hydrogen-bond acceptors (Lipinski definition) is 2. The molecule has 0 aliphatic heterocycles. The number of amides is 1. The molecule has 0 fully saturated rings. The molecule has 0 aliphatic rings. The number of aryl methyl sites for hydroxylation is 2. The number of nitrogens with one attached hydrogen (secondary N) is 1. The van der Waals surface area contributed by atoms with Gasteiger partial charge in [0.1, 0.15) is 0 Å². The van der Waals surface area contributed by atoms with Crippen molar-refractivity contribution in [3.8, 4) is 0 Å². The molecule has 0 aromatic heterocycles. The maximum atomic E-state index is 12.3. The van der Waals surface area contributed by atoms with E-state index < -0.39 is 0 Å². The molecule has 3 nitrogen and oxygen atoms in total. The van der Waals surface area contributed by atoms with Crippen molar-refractivity contribution in [3.05, 3.63) is 65.2 Å². The Kier molecular flexibility index (Phi) is 5.43. The molecule has 122 valence electrons. The van der Waals surface area contributed by atoms with Crippen molar-refractivity contribution in [2.45, 2.75) is 45.6 Å². The van der Waals surface area contributed by atoms with Gasteiger partial charge in [0.05, 0.1) is 0 Å². The molecular formula is C20H26N2O. The number of anilines is 1. The first-order valence-electron chi connectivity index (χ1n) is 8.06. The smallest absolute Gasteiger partial charge is 0.220 e. The van der Waals surface area contributed by atoms with Gasteiger partial charge in [-0.15, -0.1) is 0 Å². The number of carbonyl (C=O) groups is 1. The Morgan fingerprint density at radius 3 is 2.30 bits per heavy atom. The van der Waals surface area contributed by atoms with Crippen LogP contribution in [0.2, 0.25) is 0 Å². The van der Waals surface area contributed by atoms with Gasteiger partial charge in [-0.1, -0.05) is 42.5 Å². The predicted molar refractivity (Wildman–Crippen MR) is 96.3 cm³/mol. The van der Waals surface area contributed by atoms with Crippen LogP contribution < -0.4 is 11.1 Å². The third-order valence-corrected chi connectivity index (χ3v) is 4.05. The summed E-state index contributed by atoms with van der Waals surface area (Å²) >= 11 is 0. The zero-order valence-electron chi connectivity index (χ0n) is 14.2. The Hall–Kier alpha value is -2.29. The van der Waals surface area contributed by atoms with Gasteiger partial charge in [0.2, 0.25) is 5.91 Å². The predicted octanol–water partition coefficient (Wildman–Crippen LogP) is 3.65. The van der Waals surface area contributed by atoms with Crippen LogP contribution in [-0.2, 0) is 17.6 Å². The largest absolute Gasteiger partial charge is 0.399 e. The lowest BCUT2D eigenvalue weighted by Crippen LogP contribution is -2.45. The van der Waals surface area contributed by atoms with Gasteiger partial charge in [0.25, 0.3) is 0 Å². The molecule has 0 aliphatic carbocycles. The highest BCUT2D eigenvalue weighted by atomic mass is 16.1. The Bertz CT molecular complexity index is 677. The average Bonchev–Trinajstić information content (AvgIpc) is 2.48. The van der Waals surface area contributed by atoms with Crippen molar-refractivity contribution in [1.82, 2.24) is 5.32 Å². The zero-order chi connectivity index (χ0) is 16.9. The molecule has 0 heterocycles. The van der Waals surface area contributed by atoms with Crippen LogP contribution in [0.3, 0.4) is 0 Å². The second kappa shape index (κ2) is 7.32. The summed E-state index contributed by atoms with van der Waals surface area (Å²) in [6.07, 6.45) is 1.93. The summed E-state index contributed by atoms with van der Waals surface area (Å²) in [4.78, 5) is 12.3. The molecule has 0 saturated heterocycles. The van der Waals surface area contributed by atoms with E-state index in [1.54, 1.807) is 0 Å². The molecule has 0 bridgehead atoms. The monoisotopic (exact) mass is 310 g/mol. The van der Waals surface area contributed by atoms with Crippen LogP contribution >= 0.6 is 0 Å². The lowest BCUT2D eigenvalue weighted by Gasteiger charge is -2.27. The van der Waals surface area contributed by atoms with Crippen LogP contribution in [0.25, 0.3) is 0 Å². The van der Waals surface area contributed by atoms with Gasteiger partial charge in [-0.25, -0.2) is 0 Å². The van der Waals surface area contributed by atoms with E-state index in [4.69, 9.17) is 5.73 Å². The van der Waals surface area contributed by atoms with E-state index in [9.17, 15) is 4.79 Å². The minimum absolute atomic E-state index is 0.0619. The standard InChI is InChI=1S/C20H26N2O/c1-15-8-4-5-10-17(15)14-20(2,3)22-19(23)13-12-16-9-6-7-11-18(16)21/h4-11H,12-14,21H2,1-3H3,(H,22,23). The van der Waals surface area contributed by atoms with Gasteiger partial charge in [0.15, 0.2) is 0 Å². The molecule has 2 aromatic carbocycles. The topological polar surface area (TPSA) is 55.1 Å². The van der Waals surface area contributed by atoms with E-state index in [1.807, 2.05) is 36.4 Å². The van der Waals surface area contributed by atoms with Crippen LogP contribution in [0.15, 0.2) is 48.5 Å². The summed E-state index contributed by atoms with van der Waals surface area (Å²) < 4.78 is 0. The van der Waals surface area contributed by atoms with Gasteiger partial charge in [-0.05, 0) is 56.4 Å². The number of rotatable bonds is 6. The summed E-state index contributed by atoms with van der Waals surface area (Å²) in [6, 6.07) is 16.0. The molecule has 0 radical (unpaired) electrons. The Morgan fingerprint density at radius 2 is 1.65 bits per heavy atom. The van der Waals surface area contributed by atoms with Gasteiger partial charge >= 0.3 is 0 Å². The van der Waals surface area contributed by atoms with Crippen molar-refractivity contribution in [2.24, 2.45) is 0 Å². The fourth-order valence-corrected chi connectivity index (χ4v) is 2.78. The highest BCUT2D eigenvalue weighted by Crippen LogP contribution is 2.17. The van der Waals surface area contributed by atoms with Crippen molar-refractivity contribution < 1.29 is 4.79 Å². The van der Waals surface area contributed by atoms with Crippen LogP contribution in [-0.4, -0.2) is 11.4 Å². The zero-order valence-corrected chi connectivity index (χ0v) is 14.2. The second-order valence-electron chi connectivity index (χ2n) is 6.73. The Balaban J connectivity index is 1.91. The molecule has 1 amide bonds.